The van der Waals surface area contributed by atoms with Crippen molar-refractivity contribution in [3.63, 3.8) is 0 Å². The van der Waals surface area contributed by atoms with Crippen molar-refractivity contribution in [1.82, 2.24) is 0 Å². The van der Waals surface area contributed by atoms with Gasteiger partial charge in [-0.1, -0.05) is 18.2 Å². The van der Waals surface area contributed by atoms with E-state index in [1.165, 1.54) is 6.08 Å². The van der Waals surface area contributed by atoms with Crippen LogP contribution in [0.2, 0.25) is 0 Å². The topological polar surface area (TPSA) is 79.1 Å². The Morgan fingerprint density at radius 2 is 1.95 bits per heavy atom. The Morgan fingerprint density at radius 3 is 2.47 bits per heavy atom. The highest BCUT2D eigenvalue weighted by atomic mass is 16.6. The molecule has 19 heavy (non-hydrogen) atoms. The molecule has 0 spiro atoms. The number of hydrogen-bond acceptors (Lipinski definition) is 5. The maximum atomic E-state index is 12.2. The fourth-order valence-corrected chi connectivity index (χ4v) is 1.88. The Morgan fingerprint density at radius 1 is 1.32 bits per heavy atom. The third-order valence-electron chi connectivity index (χ3n) is 2.74. The van der Waals surface area contributed by atoms with E-state index in [4.69, 9.17) is 4.74 Å². The molecule has 100 valence electrons. The molecule has 0 saturated heterocycles. The first-order valence-electron chi connectivity index (χ1n) is 6.02. The molecular weight excluding hydrogens is 245 g/mol. The monoisotopic (exact) mass is 261 g/mol. The van der Waals surface area contributed by atoms with E-state index in [2.05, 4.69) is 4.99 Å². The van der Waals surface area contributed by atoms with Crippen molar-refractivity contribution in [1.29, 1.82) is 0 Å². The summed E-state index contributed by atoms with van der Waals surface area (Å²) in [4.78, 5) is 16.4. The van der Waals surface area contributed by atoms with Gasteiger partial charge in [-0.3, -0.25) is 4.99 Å². The van der Waals surface area contributed by atoms with Crippen LogP contribution < -0.4 is 10.6 Å². The van der Waals surface area contributed by atoms with Gasteiger partial charge in [-0.05, 0) is 38.1 Å². The Hall–Kier alpha value is -1.66. The minimum absolute atomic E-state index is 0.543. The van der Waals surface area contributed by atoms with Gasteiger partial charge >= 0.3 is 13.1 Å². The van der Waals surface area contributed by atoms with Gasteiger partial charge < -0.3 is 14.8 Å². The molecule has 0 aliphatic carbocycles. The SMILES string of the molecule is CC(C)(C)OC(=O)C1(B(O)O)C=c2ccccc2=N1. The molecule has 2 N–H and O–H groups in total. The van der Waals surface area contributed by atoms with Crippen LogP contribution in [0.15, 0.2) is 29.3 Å². The number of hydrogen-bond donors (Lipinski definition) is 2. The highest BCUT2D eigenvalue weighted by Crippen LogP contribution is 2.22. The first kappa shape index (κ1) is 13.8. The highest BCUT2D eigenvalue weighted by Gasteiger charge is 2.51. The molecule has 1 heterocycles. The van der Waals surface area contributed by atoms with E-state index in [9.17, 15) is 14.8 Å². The molecule has 1 aromatic carbocycles. The zero-order chi connectivity index (χ0) is 14.3. The van der Waals surface area contributed by atoms with Gasteiger partial charge in [-0.25, -0.2) is 4.79 Å². The molecule has 1 aliphatic rings. The normalized spacial score (nSPS) is 21.1. The summed E-state index contributed by atoms with van der Waals surface area (Å²) >= 11 is 0. The van der Waals surface area contributed by atoms with E-state index in [0.29, 0.717) is 10.6 Å². The minimum Gasteiger partial charge on any atom is -0.458 e. The molecule has 1 aliphatic heterocycles. The zero-order valence-corrected chi connectivity index (χ0v) is 11.1. The summed E-state index contributed by atoms with van der Waals surface area (Å²) < 4.78 is 5.23. The van der Waals surface area contributed by atoms with E-state index in [0.717, 1.165) is 0 Å². The van der Waals surface area contributed by atoms with Crippen LogP contribution in [0, 0.1) is 0 Å². The van der Waals surface area contributed by atoms with Crippen LogP contribution >= 0.6 is 0 Å². The second-order valence-corrected chi connectivity index (χ2v) is 5.52. The Kier molecular flexibility index (Phi) is 3.24. The smallest absolute Gasteiger partial charge is 0.458 e. The minimum atomic E-state index is -1.95. The summed E-state index contributed by atoms with van der Waals surface area (Å²) in [6.45, 7) is 5.14. The predicted molar refractivity (Wildman–Crippen MR) is 70.5 cm³/mol. The van der Waals surface area contributed by atoms with Gasteiger partial charge in [-0.2, -0.15) is 0 Å². The second kappa shape index (κ2) is 4.47. The van der Waals surface area contributed by atoms with Gasteiger partial charge in [0.1, 0.15) is 5.60 Å². The number of rotatable bonds is 2. The number of carbonyl (C=O) groups is 1. The number of carbonyl (C=O) groups excluding carboxylic acids is 1. The fourth-order valence-electron chi connectivity index (χ4n) is 1.88. The lowest BCUT2D eigenvalue weighted by atomic mass is 9.65. The zero-order valence-electron chi connectivity index (χ0n) is 11.1. The van der Waals surface area contributed by atoms with Crippen LogP contribution in [-0.2, 0) is 9.53 Å². The average molecular weight is 261 g/mol. The number of esters is 1. The van der Waals surface area contributed by atoms with Crippen molar-refractivity contribution >= 4 is 19.2 Å². The van der Waals surface area contributed by atoms with Gasteiger partial charge in [-0.15, -0.1) is 0 Å². The molecule has 0 radical (unpaired) electrons. The van der Waals surface area contributed by atoms with Crippen molar-refractivity contribution in [2.45, 2.75) is 31.8 Å². The van der Waals surface area contributed by atoms with Crippen molar-refractivity contribution < 1.29 is 19.6 Å². The van der Waals surface area contributed by atoms with Gasteiger partial charge in [0.25, 0.3) is 0 Å². The van der Waals surface area contributed by atoms with E-state index in [-0.39, 0.29) is 0 Å². The van der Waals surface area contributed by atoms with Gasteiger partial charge in [0.2, 0.25) is 5.44 Å². The van der Waals surface area contributed by atoms with Crippen LogP contribution in [0.5, 0.6) is 0 Å². The van der Waals surface area contributed by atoms with Crippen LogP contribution in [-0.4, -0.2) is 34.2 Å². The lowest BCUT2D eigenvalue weighted by Gasteiger charge is -2.27. The molecule has 2 rings (SSSR count). The van der Waals surface area contributed by atoms with Gasteiger partial charge in [0, 0.05) is 0 Å². The van der Waals surface area contributed by atoms with E-state index < -0.39 is 24.1 Å². The lowest BCUT2D eigenvalue weighted by molar-refractivity contribution is -0.156. The van der Waals surface area contributed by atoms with Crippen molar-refractivity contribution in [2.24, 2.45) is 4.99 Å². The largest absolute Gasteiger partial charge is 0.497 e. The summed E-state index contributed by atoms with van der Waals surface area (Å²) in [6, 6.07) is 7.03. The molecular formula is C13H16BNO4. The molecule has 0 amide bonds. The van der Waals surface area contributed by atoms with Crippen molar-refractivity contribution in [3.05, 3.63) is 34.8 Å². The maximum absolute atomic E-state index is 12.2. The molecule has 5 nitrogen and oxygen atoms in total. The molecule has 1 atom stereocenters. The quantitative estimate of drug-likeness (QED) is 0.539. The summed E-state index contributed by atoms with van der Waals surface area (Å²) in [6.07, 6.45) is 1.43. The fraction of sp³-hybridized carbons (Fsp3) is 0.385. The number of nitrogens with zero attached hydrogens (tertiary/aromatic N) is 1. The Bertz CT molecular complexity index is 583. The summed E-state index contributed by atoms with van der Waals surface area (Å²) in [7, 11) is -1.95. The van der Waals surface area contributed by atoms with E-state index in [1.54, 1.807) is 45.0 Å². The first-order valence-corrected chi connectivity index (χ1v) is 6.02. The van der Waals surface area contributed by atoms with Gasteiger partial charge in [0.15, 0.2) is 0 Å². The Balaban J connectivity index is 2.49. The first-order chi connectivity index (χ1) is 8.74. The summed E-state index contributed by atoms with van der Waals surface area (Å²) in [5, 5.41) is 20.4. The lowest BCUT2D eigenvalue weighted by Crippen LogP contribution is -2.52. The van der Waals surface area contributed by atoms with Crippen molar-refractivity contribution in [2.75, 3.05) is 0 Å². The predicted octanol–water partition coefficient (Wildman–Crippen LogP) is -0.807. The van der Waals surface area contributed by atoms with Crippen LogP contribution in [0.25, 0.3) is 6.08 Å². The number of fused-ring (bicyclic) bond motifs is 1. The molecule has 6 heteroatoms. The molecule has 0 saturated carbocycles. The van der Waals surface area contributed by atoms with E-state index >= 15 is 0 Å². The summed E-state index contributed by atoms with van der Waals surface area (Å²) in [5.74, 6) is -0.772. The third kappa shape index (κ3) is 2.55. The molecule has 1 unspecified atom stereocenters. The number of benzene rings is 1. The van der Waals surface area contributed by atoms with Crippen LogP contribution in [0.4, 0.5) is 0 Å². The molecule has 0 fully saturated rings. The molecule has 0 bridgehead atoms. The standard InChI is InChI=1S/C13H16BNO4/c1-12(2,3)19-11(16)13(14(17)18)8-9-6-4-5-7-10(9)15-13/h4-8,17-18H,1-3H3. The Labute approximate surface area is 111 Å². The second-order valence-electron chi connectivity index (χ2n) is 5.52. The number of ether oxygens (including phenoxy) is 1. The maximum Gasteiger partial charge on any atom is 0.497 e. The summed E-state index contributed by atoms with van der Waals surface area (Å²) in [5.41, 5.74) is -2.51. The molecule has 1 aromatic rings. The van der Waals surface area contributed by atoms with Crippen LogP contribution in [0.3, 0.4) is 0 Å². The van der Waals surface area contributed by atoms with Crippen molar-refractivity contribution in [3.8, 4) is 0 Å². The average Bonchev–Trinajstić information content (AvgIpc) is 2.67. The van der Waals surface area contributed by atoms with Crippen LogP contribution in [0.1, 0.15) is 20.8 Å². The van der Waals surface area contributed by atoms with E-state index in [1.807, 2.05) is 0 Å². The highest BCUT2D eigenvalue weighted by molar-refractivity contribution is 6.55. The number of para-hydroxylation sites is 1. The molecule has 0 aromatic heterocycles. The third-order valence-corrected chi connectivity index (χ3v) is 2.74. The van der Waals surface area contributed by atoms with Gasteiger partial charge in [0.05, 0.1) is 5.36 Å².